The highest BCUT2D eigenvalue weighted by Crippen LogP contribution is 2.65. The minimum atomic E-state index is -1.49. The predicted octanol–water partition coefficient (Wildman–Crippen LogP) is 2.79. The number of benzene rings is 1. The molecule has 0 radical (unpaired) electrons. The zero-order valence-electron chi connectivity index (χ0n) is 18.5. The number of fused-ring (bicyclic) bond motifs is 5. The Morgan fingerprint density at radius 2 is 1.97 bits per heavy atom. The highest BCUT2D eigenvalue weighted by Gasteiger charge is 2.65. The first-order valence-electron chi connectivity index (χ1n) is 10.9. The lowest BCUT2D eigenvalue weighted by atomic mass is 9.51. The molecule has 6 nitrogen and oxygen atoms in total. The Bertz CT molecular complexity index is 974. The van der Waals surface area contributed by atoms with Gasteiger partial charge in [-0.2, -0.15) is 0 Å². The summed E-state index contributed by atoms with van der Waals surface area (Å²) in [6.45, 7) is 5.32. The van der Waals surface area contributed by atoms with E-state index in [0.29, 0.717) is 25.7 Å². The maximum absolute atomic E-state index is 11.8. The SMILES string of the molecule is COC(=O)C#C[C@]1(O)CC[C@H]2[C@@H]3C[C@@H](OC(C)=O)c4cc(C)ccc4[C@H]3C[C@@H](O)[C@@]21C. The number of esters is 2. The van der Waals surface area contributed by atoms with E-state index < -0.39 is 23.1 Å². The fourth-order valence-electron chi connectivity index (χ4n) is 6.45. The van der Waals surface area contributed by atoms with Gasteiger partial charge in [0.15, 0.2) is 0 Å². The van der Waals surface area contributed by atoms with Crippen LogP contribution in [0.25, 0.3) is 0 Å². The minimum absolute atomic E-state index is 0.0225. The second kappa shape index (κ2) is 7.65. The maximum Gasteiger partial charge on any atom is 0.384 e. The molecule has 1 aromatic rings. The molecule has 2 N–H and O–H groups in total. The molecule has 0 amide bonds. The van der Waals surface area contributed by atoms with Crippen LogP contribution in [-0.2, 0) is 19.1 Å². The first kappa shape index (κ1) is 21.9. The standard InChI is InChI=1S/C25H30O6/c1-14-5-6-16-17-13-22(27)24(3)20(7-9-25(24,29)10-8-23(28)30-4)18(17)12-21(19(16)11-14)31-15(2)26/h5-6,11,17-18,20-22,27,29H,7,9,12-13H2,1-4H3/t17-,18-,20+,21-,22-,24-,25-/m1/s1. The van der Waals surface area contributed by atoms with Gasteiger partial charge in [-0.25, -0.2) is 4.79 Å². The van der Waals surface area contributed by atoms with E-state index in [-0.39, 0.29) is 29.8 Å². The Morgan fingerprint density at radius 1 is 1.23 bits per heavy atom. The Labute approximate surface area is 182 Å². The number of carbonyl (C=O) groups is 2. The Morgan fingerprint density at radius 3 is 2.65 bits per heavy atom. The van der Waals surface area contributed by atoms with Gasteiger partial charge in [0.25, 0.3) is 0 Å². The molecule has 3 aliphatic rings. The van der Waals surface area contributed by atoms with E-state index in [1.807, 2.05) is 13.8 Å². The van der Waals surface area contributed by atoms with E-state index in [0.717, 1.165) is 16.7 Å². The van der Waals surface area contributed by atoms with E-state index in [2.05, 4.69) is 34.8 Å². The van der Waals surface area contributed by atoms with Crippen LogP contribution in [0.15, 0.2) is 18.2 Å². The van der Waals surface area contributed by atoms with E-state index in [9.17, 15) is 19.8 Å². The number of methoxy groups -OCH3 is 1. The van der Waals surface area contributed by atoms with Gasteiger partial charge in [0.1, 0.15) is 11.7 Å². The van der Waals surface area contributed by atoms with Crippen molar-refractivity contribution in [1.29, 1.82) is 0 Å². The van der Waals surface area contributed by atoms with Crippen LogP contribution in [0.5, 0.6) is 0 Å². The van der Waals surface area contributed by atoms with Crippen molar-refractivity contribution in [2.24, 2.45) is 17.3 Å². The largest absolute Gasteiger partial charge is 0.459 e. The highest BCUT2D eigenvalue weighted by molar-refractivity contribution is 5.88. The van der Waals surface area contributed by atoms with Crippen molar-refractivity contribution in [1.82, 2.24) is 0 Å². The molecular weight excluding hydrogens is 396 g/mol. The lowest BCUT2D eigenvalue weighted by Gasteiger charge is -2.55. The molecule has 0 unspecified atom stereocenters. The summed E-state index contributed by atoms with van der Waals surface area (Å²) in [6.07, 6.45) is 1.06. The number of hydrogen-bond acceptors (Lipinski definition) is 6. The van der Waals surface area contributed by atoms with Gasteiger partial charge in [0, 0.05) is 18.3 Å². The molecule has 0 aliphatic heterocycles. The summed E-state index contributed by atoms with van der Waals surface area (Å²) < 4.78 is 10.3. The summed E-state index contributed by atoms with van der Waals surface area (Å²) >= 11 is 0. The third-order valence-corrected chi connectivity index (χ3v) is 8.02. The quantitative estimate of drug-likeness (QED) is 0.408. The van der Waals surface area contributed by atoms with Gasteiger partial charge in [-0.15, -0.1) is 0 Å². The first-order chi connectivity index (χ1) is 14.6. The summed E-state index contributed by atoms with van der Waals surface area (Å²) in [4.78, 5) is 23.4. The van der Waals surface area contributed by atoms with Gasteiger partial charge >= 0.3 is 11.9 Å². The summed E-state index contributed by atoms with van der Waals surface area (Å²) in [7, 11) is 1.25. The molecule has 0 heterocycles. The third kappa shape index (κ3) is 3.35. The van der Waals surface area contributed by atoms with Crippen molar-refractivity contribution < 1.29 is 29.3 Å². The summed E-state index contributed by atoms with van der Waals surface area (Å²) in [5.74, 6) is 4.31. The van der Waals surface area contributed by atoms with Crippen LogP contribution in [0.1, 0.15) is 68.2 Å². The number of carbonyl (C=O) groups excluding carboxylic acids is 2. The van der Waals surface area contributed by atoms with Crippen LogP contribution >= 0.6 is 0 Å². The number of aliphatic hydroxyl groups is 2. The third-order valence-electron chi connectivity index (χ3n) is 8.02. The molecule has 0 saturated heterocycles. The van der Waals surface area contributed by atoms with Crippen LogP contribution in [0, 0.1) is 36.0 Å². The van der Waals surface area contributed by atoms with Crippen molar-refractivity contribution in [3.8, 4) is 11.8 Å². The summed E-state index contributed by atoms with van der Waals surface area (Å²) in [5, 5.41) is 22.8. The molecule has 6 heteroatoms. The van der Waals surface area contributed by atoms with Gasteiger partial charge in [-0.05, 0) is 61.5 Å². The zero-order valence-corrected chi connectivity index (χ0v) is 18.5. The minimum Gasteiger partial charge on any atom is -0.459 e. The highest BCUT2D eigenvalue weighted by atomic mass is 16.5. The van der Waals surface area contributed by atoms with Gasteiger partial charge in [0.2, 0.25) is 0 Å². The number of aryl methyl sites for hydroxylation is 1. The molecule has 1 aromatic carbocycles. The normalized spacial score (nSPS) is 38.1. The van der Waals surface area contributed by atoms with Crippen LogP contribution in [0.3, 0.4) is 0 Å². The van der Waals surface area contributed by atoms with Crippen LogP contribution in [0.4, 0.5) is 0 Å². The molecule has 166 valence electrons. The fraction of sp³-hybridized carbons (Fsp3) is 0.600. The molecule has 2 fully saturated rings. The second-order valence-corrected chi connectivity index (χ2v) is 9.52. The van der Waals surface area contributed by atoms with Gasteiger partial charge in [0.05, 0.1) is 13.2 Å². The number of hydrogen-bond donors (Lipinski definition) is 2. The lowest BCUT2D eigenvalue weighted by Crippen LogP contribution is -2.58. The number of aliphatic hydroxyl groups excluding tert-OH is 1. The van der Waals surface area contributed by atoms with Crippen LogP contribution < -0.4 is 0 Å². The van der Waals surface area contributed by atoms with Crippen LogP contribution in [0.2, 0.25) is 0 Å². The van der Waals surface area contributed by atoms with E-state index in [1.54, 1.807) is 0 Å². The predicted molar refractivity (Wildman–Crippen MR) is 113 cm³/mol. The first-order valence-corrected chi connectivity index (χ1v) is 10.9. The molecule has 31 heavy (non-hydrogen) atoms. The van der Waals surface area contributed by atoms with Crippen molar-refractivity contribution in [2.45, 2.75) is 70.2 Å². The summed E-state index contributed by atoms with van der Waals surface area (Å²) in [5.41, 5.74) is 0.860. The Hall–Kier alpha value is -2.36. The second-order valence-electron chi connectivity index (χ2n) is 9.52. The molecular formula is C25H30O6. The average molecular weight is 427 g/mol. The van der Waals surface area contributed by atoms with Gasteiger partial charge in [-0.3, -0.25) is 4.79 Å². The number of rotatable bonds is 1. The molecule has 0 bridgehead atoms. The Balaban J connectivity index is 1.76. The molecule has 2 saturated carbocycles. The summed E-state index contributed by atoms with van der Waals surface area (Å²) in [6, 6.07) is 6.22. The molecule has 3 aliphatic carbocycles. The van der Waals surface area contributed by atoms with Crippen molar-refractivity contribution in [3.63, 3.8) is 0 Å². The number of ether oxygens (including phenoxy) is 2. The van der Waals surface area contributed by atoms with E-state index in [1.165, 1.54) is 14.0 Å². The average Bonchev–Trinajstić information content (AvgIpc) is 3.00. The monoisotopic (exact) mass is 426 g/mol. The van der Waals surface area contributed by atoms with Crippen molar-refractivity contribution >= 4 is 11.9 Å². The van der Waals surface area contributed by atoms with E-state index >= 15 is 0 Å². The van der Waals surface area contributed by atoms with E-state index in [4.69, 9.17) is 4.74 Å². The molecule has 4 rings (SSSR count). The smallest absolute Gasteiger partial charge is 0.384 e. The molecule has 0 spiro atoms. The topological polar surface area (TPSA) is 93.1 Å². The van der Waals surface area contributed by atoms with Gasteiger partial charge < -0.3 is 19.7 Å². The maximum atomic E-state index is 11.8. The molecule has 0 aromatic heterocycles. The van der Waals surface area contributed by atoms with Gasteiger partial charge in [-0.1, -0.05) is 36.6 Å². The fourth-order valence-corrected chi connectivity index (χ4v) is 6.45. The van der Waals surface area contributed by atoms with Crippen molar-refractivity contribution in [3.05, 3.63) is 34.9 Å². The van der Waals surface area contributed by atoms with Crippen molar-refractivity contribution in [2.75, 3.05) is 7.11 Å². The van der Waals surface area contributed by atoms with Crippen LogP contribution in [-0.4, -0.2) is 41.0 Å². The lowest BCUT2D eigenvalue weighted by molar-refractivity contribution is -0.159. The zero-order chi connectivity index (χ0) is 22.6. The molecule has 7 atom stereocenters. The Kier molecular flexibility index (Phi) is 5.39.